The van der Waals surface area contributed by atoms with Crippen LogP contribution in [0.1, 0.15) is 290 Å². The number of carbonyl (C=O) groups excluding carboxylic acids is 3. The predicted octanol–water partition coefficient (Wildman–Crippen LogP) is 22.5. The first-order chi connectivity index (χ1) is 39.0. The molecule has 0 aromatic heterocycles. The summed E-state index contributed by atoms with van der Waals surface area (Å²) in [5, 5.41) is 0. The molecule has 0 aliphatic heterocycles. The first-order valence-electron chi connectivity index (χ1n) is 32.7. The Morgan fingerprint density at radius 3 is 0.797 bits per heavy atom. The van der Waals surface area contributed by atoms with E-state index in [1.54, 1.807) is 0 Å². The molecule has 0 aliphatic rings. The smallest absolute Gasteiger partial charge is 0.306 e. The maximum Gasteiger partial charge on any atom is 0.306 e. The Morgan fingerprint density at radius 1 is 0.266 bits per heavy atom. The second kappa shape index (κ2) is 66.1. The van der Waals surface area contributed by atoms with Gasteiger partial charge in [-0.2, -0.15) is 0 Å². The van der Waals surface area contributed by atoms with Crippen molar-refractivity contribution in [2.45, 2.75) is 297 Å². The van der Waals surface area contributed by atoms with Gasteiger partial charge in [-0.05, 0) is 116 Å². The van der Waals surface area contributed by atoms with Gasteiger partial charge in [-0.15, -0.1) is 0 Å². The van der Waals surface area contributed by atoms with Crippen LogP contribution in [0.25, 0.3) is 0 Å². The van der Waals surface area contributed by atoms with E-state index < -0.39 is 6.10 Å². The molecule has 6 nitrogen and oxygen atoms in total. The normalized spacial score (nSPS) is 13.0. The summed E-state index contributed by atoms with van der Waals surface area (Å²) in [6.07, 6.45) is 93.2. The molecule has 0 bridgehead atoms. The minimum absolute atomic E-state index is 0.111. The third kappa shape index (κ3) is 64.3. The molecule has 1 unspecified atom stereocenters. The summed E-state index contributed by atoms with van der Waals surface area (Å²) in [7, 11) is 0. The molecule has 0 saturated heterocycles. The third-order valence-electron chi connectivity index (χ3n) is 13.7. The molecule has 0 amide bonds. The minimum Gasteiger partial charge on any atom is -0.462 e. The number of carbonyl (C=O) groups is 3. The first-order valence-corrected chi connectivity index (χ1v) is 32.7. The Kier molecular flexibility index (Phi) is 62.3. The molecule has 0 heterocycles. The van der Waals surface area contributed by atoms with Gasteiger partial charge in [0.1, 0.15) is 13.2 Å². The molecular formula is C73H120O6. The molecular weight excluding hydrogens is 973 g/mol. The van der Waals surface area contributed by atoms with E-state index in [0.29, 0.717) is 25.7 Å². The Morgan fingerprint density at radius 2 is 0.494 bits per heavy atom. The van der Waals surface area contributed by atoms with E-state index in [4.69, 9.17) is 14.2 Å². The fraction of sp³-hybridized carbons (Fsp3) is 0.658. The lowest BCUT2D eigenvalue weighted by Gasteiger charge is -2.18. The van der Waals surface area contributed by atoms with Gasteiger partial charge in [0.2, 0.25) is 0 Å². The Hall–Kier alpha value is -4.45. The van der Waals surface area contributed by atoms with Crippen LogP contribution in [-0.4, -0.2) is 37.2 Å². The van der Waals surface area contributed by atoms with Crippen molar-refractivity contribution in [1.29, 1.82) is 0 Å². The Bertz CT molecular complexity index is 1680. The van der Waals surface area contributed by atoms with Gasteiger partial charge < -0.3 is 14.2 Å². The third-order valence-corrected chi connectivity index (χ3v) is 13.7. The van der Waals surface area contributed by atoms with E-state index >= 15 is 0 Å². The van der Waals surface area contributed by atoms with Crippen LogP contribution in [0.3, 0.4) is 0 Å². The van der Waals surface area contributed by atoms with Crippen LogP contribution in [-0.2, 0) is 28.6 Å². The summed E-state index contributed by atoms with van der Waals surface area (Å²) < 4.78 is 16.9. The van der Waals surface area contributed by atoms with Gasteiger partial charge in [0.25, 0.3) is 0 Å². The summed E-state index contributed by atoms with van der Waals surface area (Å²) >= 11 is 0. The lowest BCUT2D eigenvalue weighted by atomic mass is 10.0. The van der Waals surface area contributed by atoms with E-state index in [1.165, 1.54) is 116 Å². The molecule has 0 aromatic rings. The van der Waals surface area contributed by atoms with E-state index in [-0.39, 0.29) is 31.1 Å². The molecule has 0 rings (SSSR count). The highest BCUT2D eigenvalue weighted by atomic mass is 16.6. The van der Waals surface area contributed by atoms with Crippen molar-refractivity contribution in [2.24, 2.45) is 0 Å². The van der Waals surface area contributed by atoms with Crippen LogP contribution in [0.15, 0.2) is 134 Å². The Labute approximate surface area is 487 Å². The predicted molar refractivity (Wildman–Crippen MR) is 343 cm³/mol. The second-order valence-electron chi connectivity index (χ2n) is 21.3. The van der Waals surface area contributed by atoms with E-state index in [2.05, 4.69) is 154 Å². The molecule has 0 spiro atoms. The topological polar surface area (TPSA) is 78.9 Å². The Balaban J connectivity index is 4.51. The number of allylic oxidation sites excluding steroid dienone is 22. The van der Waals surface area contributed by atoms with E-state index in [0.717, 1.165) is 128 Å². The monoisotopic (exact) mass is 1090 g/mol. The summed E-state index contributed by atoms with van der Waals surface area (Å²) in [5.41, 5.74) is 0. The molecule has 0 aromatic carbocycles. The number of hydrogen-bond donors (Lipinski definition) is 0. The molecule has 0 saturated carbocycles. The van der Waals surface area contributed by atoms with Crippen molar-refractivity contribution in [3.8, 4) is 0 Å². The lowest BCUT2D eigenvalue weighted by molar-refractivity contribution is -0.167. The van der Waals surface area contributed by atoms with Crippen molar-refractivity contribution in [3.63, 3.8) is 0 Å². The van der Waals surface area contributed by atoms with Crippen molar-refractivity contribution in [2.75, 3.05) is 13.2 Å². The van der Waals surface area contributed by atoms with Gasteiger partial charge in [0.05, 0.1) is 0 Å². The molecule has 6 heteroatoms. The molecule has 448 valence electrons. The van der Waals surface area contributed by atoms with Gasteiger partial charge >= 0.3 is 17.9 Å². The van der Waals surface area contributed by atoms with Crippen molar-refractivity contribution < 1.29 is 28.6 Å². The highest BCUT2D eigenvalue weighted by Gasteiger charge is 2.19. The minimum atomic E-state index is -0.815. The maximum absolute atomic E-state index is 12.9. The number of unbranched alkanes of at least 4 members (excludes halogenated alkanes) is 25. The molecule has 0 fully saturated rings. The SMILES string of the molecule is CC/C=C\C/C=C\C/C=C\C/C=C\C/C=C\C/C=C\CCCCC(=O)OCC(COC(=O)CCCCC/C=C\C/C=C\C/C=C\C/C=C\C/C=C\CC)OC(=O)CCCCCCCCCCCCCCCCCCCCCCC. The largest absolute Gasteiger partial charge is 0.462 e. The van der Waals surface area contributed by atoms with Gasteiger partial charge in [-0.1, -0.05) is 289 Å². The molecule has 1 atom stereocenters. The second-order valence-corrected chi connectivity index (χ2v) is 21.3. The van der Waals surface area contributed by atoms with Crippen molar-refractivity contribution in [3.05, 3.63) is 134 Å². The zero-order chi connectivity index (χ0) is 57.1. The van der Waals surface area contributed by atoms with Crippen LogP contribution in [0.4, 0.5) is 0 Å². The fourth-order valence-electron chi connectivity index (χ4n) is 8.83. The average Bonchev–Trinajstić information content (AvgIpc) is 3.45. The maximum atomic E-state index is 12.9. The van der Waals surface area contributed by atoms with Crippen LogP contribution in [0.2, 0.25) is 0 Å². The summed E-state index contributed by atoms with van der Waals surface area (Å²) in [5.74, 6) is -0.977. The van der Waals surface area contributed by atoms with Crippen LogP contribution in [0.5, 0.6) is 0 Å². The zero-order valence-corrected chi connectivity index (χ0v) is 51.3. The zero-order valence-electron chi connectivity index (χ0n) is 51.3. The summed E-state index contributed by atoms with van der Waals surface area (Å²) in [4.78, 5) is 38.4. The number of esters is 3. The lowest BCUT2D eigenvalue weighted by Crippen LogP contribution is -2.30. The molecule has 0 aliphatic carbocycles. The van der Waals surface area contributed by atoms with Gasteiger partial charge in [-0.25, -0.2) is 0 Å². The summed E-state index contributed by atoms with van der Waals surface area (Å²) in [6.45, 7) is 6.37. The molecule has 0 radical (unpaired) electrons. The van der Waals surface area contributed by atoms with Crippen molar-refractivity contribution in [1.82, 2.24) is 0 Å². The summed E-state index contributed by atoms with van der Waals surface area (Å²) in [6, 6.07) is 0. The fourth-order valence-corrected chi connectivity index (χ4v) is 8.83. The number of hydrogen-bond acceptors (Lipinski definition) is 6. The number of rotatable bonds is 58. The van der Waals surface area contributed by atoms with Crippen molar-refractivity contribution >= 4 is 17.9 Å². The first kappa shape index (κ1) is 74.5. The molecule has 79 heavy (non-hydrogen) atoms. The van der Waals surface area contributed by atoms with Gasteiger partial charge in [0, 0.05) is 19.3 Å². The van der Waals surface area contributed by atoms with Gasteiger partial charge in [0.15, 0.2) is 6.10 Å². The van der Waals surface area contributed by atoms with Crippen LogP contribution < -0.4 is 0 Å². The quantitative estimate of drug-likeness (QED) is 0.0261. The standard InChI is InChI=1S/C73H120O6/c1-4-7-10-13-16-19-22-25-28-31-34-36-39-42-45-48-51-54-57-60-63-66-72(75)78-69-70(68-77-71(74)65-62-59-56-53-50-47-44-41-38-33-30-27-24-21-18-15-12-9-6-3)79-73(76)67-64-61-58-55-52-49-46-43-40-37-35-32-29-26-23-20-17-14-11-8-5-2/h7,9-10,12,16,18-19,21,25,27-28,30,34,36,38,41-42,45,47,50-51,54,70H,4-6,8,11,13-15,17,20,22-24,26,29,31-33,35,37,39-40,43-44,46,48-49,52-53,55-69H2,1-3H3/b10-7-,12-9-,19-16-,21-18-,28-25-,30-27-,36-34-,41-38-,45-42-,50-47-,54-51-. The van der Waals surface area contributed by atoms with Crippen LogP contribution in [0, 0.1) is 0 Å². The molecule has 0 N–H and O–H groups in total. The average molecular weight is 1090 g/mol. The highest BCUT2D eigenvalue weighted by molar-refractivity contribution is 5.71. The van der Waals surface area contributed by atoms with E-state index in [9.17, 15) is 14.4 Å². The highest BCUT2D eigenvalue weighted by Crippen LogP contribution is 2.16. The number of ether oxygens (including phenoxy) is 3. The van der Waals surface area contributed by atoms with E-state index in [1.807, 2.05) is 0 Å². The van der Waals surface area contributed by atoms with Crippen LogP contribution >= 0.6 is 0 Å². The van der Waals surface area contributed by atoms with Gasteiger partial charge in [-0.3, -0.25) is 14.4 Å².